The van der Waals surface area contributed by atoms with Crippen LogP contribution in [0.1, 0.15) is 18.7 Å². The van der Waals surface area contributed by atoms with Gasteiger partial charge in [-0.3, -0.25) is 19.5 Å². The first-order valence-corrected chi connectivity index (χ1v) is 14.3. The molecule has 2 amide bonds. The minimum Gasteiger partial charge on any atom is -0.374 e. The number of aromatic amines is 1. The number of benzene rings is 1. The monoisotopic (exact) mass is 567 g/mol. The van der Waals surface area contributed by atoms with Crippen LogP contribution < -0.4 is 5.32 Å². The largest absolute Gasteiger partial charge is 0.374 e. The van der Waals surface area contributed by atoms with Gasteiger partial charge in [-0.05, 0) is 41.9 Å². The van der Waals surface area contributed by atoms with E-state index in [-0.39, 0.29) is 41.7 Å². The van der Waals surface area contributed by atoms with Crippen LogP contribution in [-0.2, 0) is 27.4 Å². The molecule has 5 heterocycles. The molecule has 1 aromatic carbocycles. The van der Waals surface area contributed by atoms with Crippen molar-refractivity contribution < 1.29 is 14.3 Å². The molecule has 1 aliphatic carbocycles. The van der Waals surface area contributed by atoms with Crippen LogP contribution >= 0.6 is 35.2 Å². The number of carbonyl (C=O) groups excluding carboxylic acids is 2. The SMILES string of the molecule is CC1(C)C2C(=O)N(Cc3cc4nccc(-c5cc(Cl)cc6[nH]c(=S)n(C[C@@H]7CNCCO7)c56)c4s3)C(=O)C21. The molecule has 38 heavy (non-hydrogen) atoms. The maximum Gasteiger partial charge on any atom is 0.234 e. The van der Waals surface area contributed by atoms with E-state index in [0.29, 0.717) is 22.9 Å². The fourth-order valence-electron chi connectivity index (χ4n) is 6.18. The second kappa shape index (κ2) is 8.69. The lowest BCUT2D eigenvalue weighted by Crippen LogP contribution is -2.40. The lowest BCUT2D eigenvalue weighted by atomic mass is 10.0. The molecule has 0 radical (unpaired) electrons. The molecule has 3 aliphatic rings. The number of amides is 2. The molecule has 1 saturated carbocycles. The highest BCUT2D eigenvalue weighted by molar-refractivity contribution is 7.71. The van der Waals surface area contributed by atoms with Gasteiger partial charge >= 0.3 is 0 Å². The standard InChI is InChI=1S/C27H26ClN5O3S2/c1-27(2)20-21(27)25(35)33(24(20)34)12-15-9-19-23(38-15)16(3-4-30-19)17-7-13(28)8-18-22(17)32(26(37)31-18)11-14-10-29-5-6-36-14/h3-4,7-9,14,20-21,29H,5-6,10-12H2,1-2H3,(H,31,37)/t14-,20?,21?/m0/s1. The van der Waals surface area contributed by atoms with Gasteiger partial charge in [-0.2, -0.15) is 0 Å². The van der Waals surface area contributed by atoms with Crippen LogP contribution in [0.2, 0.25) is 5.02 Å². The van der Waals surface area contributed by atoms with E-state index in [9.17, 15) is 9.59 Å². The Hall–Kier alpha value is -2.63. The number of imide groups is 1. The van der Waals surface area contributed by atoms with Crippen molar-refractivity contribution in [2.24, 2.45) is 17.3 Å². The van der Waals surface area contributed by atoms with Crippen LogP contribution in [0.3, 0.4) is 0 Å². The second-order valence-corrected chi connectivity index (χ2v) is 12.9. The Morgan fingerprint density at radius 3 is 2.74 bits per heavy atom. The number of rotatable bonds is 5. The van der Waals surface area contributed by atoms with Gasteiger partial charge in [-0.15, -0.1) is 11.3 Å². The number of H-pyrrole nitrogens is 1. The molecule has 3 fully saturated rings. The fourth-order valence-corrected chi connectivity index (χ4v) is 7.81. The van der Waals surface area contributed by atoms with Crippen LogP contribution in [0.25, 0.3) is 32.4 Å². The number of piperidine rings is 1. The molecule has 0 spiro atoms. The van der Waals surface area contributed by atoms with E-state index in [1.165, 1.54) is 4.90 Å². The molecule has 2 unspecified atom stereocenters. The van der Waals surface area contributed by atoms with Crippen LogP contribution in [0.4, 0.5) is 0 Å². The average molecular weight is 568 g/mol. The summed E-state index contributed by atoms with van der Waals surface area (Å²) >= 11 is 13.8. The highest BCUT2D eigenvalue weighted by atomic mass is 35.5. The first kappa shape index (κ1) is 24.4. The Morgan fingerprint density at radius 1 is 1.21 bits per heavy atom. The first-order valence-electron chi connectivity index (χ1n) is 12.7. The predicted octanol–water partition coefficient (Wildman–Crippen LogP) is 4.76. The summed E-state index contributed by atoms with van der Waals surface area (Å²) in [5, 5.41) is 3.98. The summed E-state index contributed by atoms with van der Waals surface area (Å²) in [5.74, 6) is -0.480. The Kier molecular flexibility index (Phi) is 5.58. The molecule has 8 nitrogen and oxygen atoms in total. The van der Waals surface area contributed by atoms with Crippen molar-refractivity contribution in [1.82, 2.24) is 24.8 Å². The smallest absolute Gasteiger partial charge is 0.234 e. The molecule has 4 aromatic rings. The van der Waals surface area contributed by atoms with Gasteiger partial charge in [0.05, 0.1) is 58.9 Å². The van der Waals surface area contributed by atoms with Gasteiger partial charge in [0.2, 0.25) is 11.8 Å². The number of fused-ring (bicyclic) bond motifs is 3. The van der Waals surface area contributed by atoms with E-state index in [4.69, 9.17) is 28.6 Å². The van der Waals surface area contributed by atoms with E-state index in [0.717, 1.165) is 50.3 Å². The molecule has 7 rings (SSSR count). The lowest BCUT2D eigenvalue weighted by molar-refractivity contribution is -0.143. The third-order valence-corrected chi connectivity index (χ3v) is 9.86. The molecule has 11 heteroatoms. The van der Waals surface area contributed by atoms with Crippen molar-refractivity contribution in [1.29, 1.82) is 0 Å². The van der Waals surface area contributed by atoms with Crippen molar-refractivity contribution >= 4 is 68.2 Å². The zero-order valence-electron chi connectivity index (χ0n) is 20.9. The molecular weight excluding hydrogens is 542 g/mol. The summed E-state index contributed by atoms with van der Waals surface area (Å²) in [6.07, 6.45) is 1.79. The van der Waals surface area contributed by atoms with Crippen molar-refractivity contribution in [3.05, 3.63) is 45.1 Å². The van der Waals surface area contributed by atoms with Crippen LogP contribution in [-0.4, -0.2) is 57.0 Å². The summed E-state index contributed by atoms with van der Waals surface area (Å²) in [6.45, 7) is 7.16. The summed E-state index contributed by atoms with van der Waals surface area (Å²) in [7, 11) is 0. The highest BCUT2D eigenvalue weighted by Crippen LogP contribution is 2.63. The van der Waals surface area contributed by atoms with Gasteiger partial charge in [-0.1, -0.05) is 25.4 Å². The number of halogens is 1. The summed E-state index contributed by atoms with van der Waals surface area (Å²) in [6, 6.07) is 7.81. The van der Waals surface area contributed by atoms with Gasteiger partial charge < -0.3 is 19.6 Å². The normalized spacial score (nSPS) is 24.5. The Balaban J connectivity index is 1.29. The van der Waals surface area contributed by atoms with Crippen molar-refractivity contribution in [3.8, 4) is 11.1 Å². The topological polar surface area (TPSA) is 92.2 Å². The highest BCUT2D eigenvalue weighted by Gasteiger charge is 2.72. The van der Waals surface area contributed by atoms with E-state index in [2.05, 4.69) is 19.9 Å². The minimum atomic E-state index is -0.217. The van der Waals surface area contributed by atoms with Crippen LogP contribution in [0.5, 0.6) is 0 Å². The summed E-state index contributed by atoms with van der Waals surface area (Å²) in [5.41, 5.74) is 4.35. The van der Waals surface area contributed by atoms with Crippen molar-refractivity contribution in [2.75, 3.05) is 19.7 Å². The molecule has 3 aromatic heterocycles. The second-order valence-electron chi connectivity index (χ2n) is 10.9. The quantitative estimate of drug-likeness (QED) is 0.267. The molecule has 196 valence electrons. The fraction of sp³-hybridized carbons (Fsp3) is 0.407. The number of likely N-dealkylation sites (tertiary alicyclic amines) is 1. The molecule has 0 bridgehead atoms. The lowest BCUT2D eigenvalue weighted by Gasteiger charge is -2.24. The van der Waals surface area contributed by atoms with Crippen molar-refractivity contribution in [3.63, 3.8) is 0 Å². The van der Waals surface area contributed by atoms with E-state index < -0.39 is 0 Å². The number of carbonyl (C=O) groups is 2. The maximum absolute atomic E-state index is 12.9. The Morgan fingerprint density at radius 2 is 2.00 bits per heavy atom. The molecule has 2 N–H and O–H groups in total. The van der Waals surface area contributed by atoms with Gasteiger partial charge in [0.25, 0.3) is 0 Å². The Bertz CT molecular complexity index is 1680. The summed E-state index contributed by atoms with van der Waals surface area (Å²) < 4.78 is 9.64. The summed E-state index contributed by atoms with van der Waals surface area (Å²) in [4.78, 5) is 36.1. The van der Waals surface area contributed by atoms with Gasteiger partial charge in [0.1, 0.15) is 0 Å². The van der Waals surface area contributed by atoms with Gasteiger partial charge in [0.15, 0.2) is 4.77 Å². The van der Waals surface area contributed by atoms with E-state index in [1.54, 1.807) is 17.5 Å². The Labute approximate surface area is 232 Å². The van der Waals surface area contributed by atoms with Crippen LogP contribution in [0, 0.1) is 22.0 Å². The zero-order valence-corrected chi connectivity index (χ0v) is 23.3. The number of morpholine rings is 1. The number of thiophene rings is 1. The predicted molar refractivity (Wildman–Crippen MR) is 150 cm³/mol. The third-order valence-electron chi connectivity index (χ3n) is 8.18. The molecule has 2 aliphatic heterocycles. The van der Waals surface area contributed by atoms with Crippen molar-refractivity contribution in [2.45, 2.75) is 33.0 Å². The first-order chi connectivity index (χ1) is 18.2. The number of nitrogens with zero attached hydrogens (tertiary/aromatic N) is 3. The number of aromatic nitrogens is 3. The number of pyridine rings is 1. The maximum atomic E-state index is 12.9. The van der Waals surface area contributed by atoms with Gasteiger partial charge in [0, 0.05) is 40.3 Å². The third kappa shape index (κ3) is 3.69. The number of hydrogen-bond acceptors (Lipinski definition) is 7. The average Bonchev–Trinajstić information content (AvgIpc) is 3.16. The molecular formula is C27H26ClN5O3S2. The molecule has 3 atom stereocenters. The molecule has 2 saturated heterocycles. The number of imidazole rings is 1. The van der Waals surface area contributed by atoms with E-state index >= 15 is 0 Å². The minimum absolute atomic E-state index is 0.00972. The van der Waals surface area contributed by atoms with Gasteiger partial charge in [-0.25, -0.2) is 0 Å². The number of nitrogens with one attached hydrogen (secondary N) is 2. The number of ether oxygens (including phenoxy) is 1. The van der Waals surface area contributed by atoms with E-state index in [1.807, 2.05) is 38.1 Å². The number of hydrogen-bond donors (Lipinski definition) is 2. The zero-order chi connectivity index (χ0) is 26.3. The van der Waals surface area contributed by atoms with Crippen LogP contribution in [0.15, 0.2) is 30.5 Å².